The third kappa shape index (κ3) is 2.16. The molecule has 0 aromatic heterocycles. The smallest absolute Gasteiger partial charge is 0.237 e. The Balaban J connectivity index is 2.93. The highest BCUT2D eigenvalue weighted by Crippen LogP contribution is 2.55. The van der Waals surface area contributed by atoms with Gasteiger partial charge in [0.2, 0.25) is 5.91 Å². The van der Waals surface area contributed by atoms with E-state index in [9.17, 15) is 14.7 Å². The molecular formula is C12H21N2O3-. The van der Waals surface area contributed by atoms with Crippen molar-refractivity contribution < 1.29 is 14.7 Å². The minimum Gasteiger partial charge on any atom is -0.550 e. The van der Waals surface area contributed by atoms with E-state index in [4.69, 9.17) is 0 Å². The van der Waals surface area contributed by atoms with Crippen molar-refractivity contribution in [2.24, 2.45) is 16.7 Å². The number of hydrogen-bond acceptors (Lipinski definition) is 4. The molecule has 17 heavy (non-hydrogen) atoms. The molecule has 0 aromatic rings. The Labute approximate surface area is 102 Å². The van der Waals surface area contributed by atoms with Gasteiger partial charge in [-0.3, -0.25) is 10.2 Å². The summed E-state index contributed by atoms with van der Waals surface area (Å²) >= 11 is 0. The van der Waals surface area contributed by atoms with E-state index in [1.54, 1.807) is 26.0 Å². The molecule has 1 amide bonds. The van der Waals surface area contributed by atoms with Gasteiger partial charge in [-0.25, -0.2) is 5.01 Å². The number of carboxylic acids is 1. The monoisotopic (exact) mass is 241 g/mol. The molecule has 5 heteroatoms. The first-order chi connectivity index (χ1) is 7.63. The van der Waals surface area contributed by atoms with Crippen molar-refractivity contribution in [2.75, 3.05) is 14.1 Å². The van der Waals surface area contributed by atoms with E-state index in [1.807, 2.05) is 13.8 Å². The third-order valence-corrected chi connectivity index (χ3v) is 4.33. The Bertz CT molecular complexity index is 339. The van der Waals surface area contributed by atoms with Crippen LogP contribution >= 0.6 is 0 Å². The largest absolute Gasteiger partial charge is 0.550 e. The fraction of sp³-hybridized carbons (Fsp3) is 0.833. The Kier molecular flexibility index (Phi) is 3.52. The predicted octanol–water partition coefficient (Wildman–Crippen LogP) is -0.228. The molecule has 98 valence electrons. The zero-order chi connectivity index (χ0) is 13.4. The highest BCUT2D eigenvalue weighted by atomic mass is 16.4. The average Bonchev–Trinajstić information content (AvgIpc) is 2.38. The van der Waals surface area contributed by atoms with Gasteiger partial charge in [-0.2, -0.15) is 0 Å². The Hall–Kier alpha value is -1.10. The predicted molar refractivity (Wildman–Crippen MR) is 61.4 cm³/mol. The maximum absolute atomic E-state index is 12.0. The number of amides is 1. The lowest BCUT2D eigenvalue weighted by Gasteiger charge is -2.42. The zero-order valence-corrected chi connectivity index (χ0v) is 11.2. The number of nitrogens with one attached hydrogen (secondary N) is 1. The molecule has 0 spiro atoms. The molecule has 0 heterocycles. The minimum absolute atomic E-state index is 0.120. The molecule has 1 aliphatic carbocycles. The summed E-state index contributed by atoms with van der Waals surface area (Å²) in [5.41, 5.74) is 1.15. The van der Waals surface area contributed by atoms with Gasteiger partial charge in [0.1, 0.15) is 0 Å². The second-order valence-electron chi connectivity index (χ2n) is 5.80. The molecule has 0 radical (unpaired) electrons. The average molecular weight is 241 g/mol. The molecule has 1 N–H and O–H groups in total. The Morgan fingerprint density at radius 1 is 1.29 bits per heavy atom. The number of aliphatic carboxylic acids is 1. The summed E-state index contributed by atoms with van der Waals surface area (Å²) < 4.78 is 0. The van der Waals surface area contributed by atoms with Crippen LogP contribution in [0.2, 0.25) is 0 Å². The fourth-order valence-electron chi connectivity index (χ4n) is 2.62. The van der Waals surface area contributed by atoms with Crippen LogP contribution in [0.1, 0.15) is 33.6 Å². The first-order valence-electron chi connectivity index (χ1n) is 5.82. The number of rotatable bonds is 3. The molecule has 5 nitrogen and oxygen atoms in total. The summed E-state index contributed by atoms with van der Waals surface area (Å²) in [6.07, 6.45) is 1.06. The lowest BCUT2D eigenvalue weighted by molar-refractivity contribution is -0.323. The van der Waals surface area contributed by atoms with Gasteiger partial charge < -0.3 is 9.90 Å². The van der Waals surface area contributed by atoms with Crippen LogP contribution in [0.5, 0.6) is 0 Å². The van der Waals surface area contributed by atoms with Gasteiger partial charge in [-0.1, -0.05) is 20.8 Å². The molecular weight excluding hydrogens is 220 g/mol. The van der Waals surface area contributed by atoms with Gasteiger partial charge in [0.05, 0.1) is 0 Å². The highest BCUT2D eigenvalue weighted by Gasteiger charge is 2.54. The summed E-state index contributed by atoms with van der Waals surface area (Å²) in [6, 6.07) is 0. The normalized spacial score (nSPS) is 31.5. The van der Waals surface area contributed by atoms with E-state index in [-0.39, 0.29) is 11.8 Å². The molecule has 1 rings (SSSR count). The van der Waals surface area contributed by atoms with Gasteiger partial charge in [0, 0.05) is 31.4 Å². The van der Waals surface area contributed by atoms with Crippen molar-refractivity contribution in [3.8, 4) is 0 Å². The first kappa shape index (κ1) is 14.0. The molecule has 0 bridgehead atoms. The van der Waals surface area contributed by atoms with E-state index in [1.165, 1.54) is 0 Å². The molecule has 0 unspecified atom stereocenters. The van der Waals surface area contributed by atoms with Crippen LogP contribution in [0, 0.1) is 16.7 Å². The van der Waals surface area contributed by atoms with Crippen LogP contribution in [-0.2, 0) is 9.59 Å². The Morgan fingerprint density at radius 2 is 1.82 bits per heavy atom. The molecule has 0 aromatic carbocycles. The lowest BCUT2D eigenvalue weighted by Crippen LogP contribution is -2.51. The second-order valence-corrected chi connectivity index (χ2v) is 5.80. The van der Waals surface area contributed by atoms with E-state index >= 15 is 0 Å². The van der Waals surface area contributed by atoms with Crippen molar-refractivity contribution in [1.29, 1.82) is 0 Å². The zero-order valence-electron chi connectivity index (χ0n) is 11.2. The number of hydrogen-bond donors (Lipinski definition) is 1. The minimum atomic E-state index is -1.07. The van der Waals surface area contributed by atoms with Gasteiger partial charge >= 0.3 is 0 Å². The summed E-state index contributed by atoms with van der Waals surface area (Å²) in [6.45, 7) is 5.33. The van der Waals surface area contributed by atoms with E-state index < -0.39 is 16.8 Å². The van der Waals surface area contributed by atoms with Crippen molar-refractivity contribution in [2.45, 2.75) is 33.6 Å². The number of carbonyl (C=O) groups excluding carboxylic acids is 2. The molecule has 0 saturated heterocycles. The number of nitrogens with zero attached hydrogens (tertiary/aromatic N) is 1. The second kappa shape index (κ2) is 4.29. The molecule has 2 atom stereocenters. The van der Waals surface area contributed by atoms with E-state index in [2.05, 4.69) is 5.43 Å². The maximum Gasteiger partial charge on any atom is 0.237 e. The summed E-state index contributed by atoms with van der Waals surface area (Å²) in [5, 5.41) is 12.9. The molecule has 0 aliphatic heterocycles. The van der Waals surface area contributed by atoms with Crippen LogP contribution in [0.4, 0.5) is 0 Å². The van der Waals surface area contributed by atoms with E-state index in [0.717, 1.165) is 0 Å². The number of hydrazine groups is 1. The summed E-state index contributed by atoms with van der Waals surface area (Å²) in [5.74, 6) is -1.49. The van der Waals surface area contributed by atoms with Crippen molar-refractivity contribution in [3.05, 3.63) is 0 Å². The highest BCUT2D eigenvalue weighted by molar-refractivity contribution is 5.82. The van der Waals surface area contributed by atoms with Crippen LogP contribution < -0.4 is 10.5 Å². The van der Waals surface area contributed by atoms with E-state index in [0.29, 0.717) is 12.8 Å². The van der Waals surface area contributed by atoms with Crippen molar-refractivity contribution in [1.82, 2.24) is 10.4 Å². The Morgan fingerprint density at radius 3 is 2.18 bits per heavy atom. The van der Waals surface area contributed by atoms with Crippen LogP contribution in [0.15, 0.2) is 0 Å². The molecule has 1 aliphatic rings. The first-order valence-corrected chi connectivity index (χ1v) is 5.82. The van der Waals surface area contributed by atoms with Gasteiger partial charge in [0.15, 0.2) is 0 Å². The standard InChI is InChI=1S/C12H22N2O3/c1-11(2)8(9(15)13-14(4)5)6-7-12(11,3)10(16)17/h8H,6-7H2,1-5H3,(H,13,15)(H,16,17)/p-1/t8-,12+/m1/s1. The molecule has 1 saturated carbocycles. The van der Waals surface area contributed by atoms with Crippen LogP contribution in [0.3, 0.4) is 0 Å². The lowest BCUT2D eigenvalue weighted by atomic mass is 9.65. The van der Waals surface area contributed by atoms with Crippen LogP contribution in [0.25, 0.3) is 0 Å². The summed E-state index contributed by atoms with van der Waals surface area (Å²) in [4.78, 5) is 23.3. The molecule has 1 fully saturated rings. The van der Waals surface area contributed by atoms with Gasteiger partial charge in [0.25, 0.3) is 0 Å². The SMILES string of the molecule is CN(C)NC(=O)[C@H]1CC[C@@](C)(C(=O)[O-])C1(C)C. The maximum atomic E-state index is 12.0. The number of carboxylic acid groups (broad SMARTS) is 1. The van der Waals surface area contributed by atoms with Gasteiger partial charge in [-0.15, -0.1) is 0 Å². The fourth-order valence-corrected chi connectivity index (χ4v) is 2.62. The van der Waals surface area contributed by atoms with Crippen LogP contribution in [-0.4, -0.2) is 31.0 Å². The quantitative estimate of drug-likeness (QED) is 0.693. The summed E-state index contributed by atoms with van der Waals surface area (Å²) in [7, 11) is 3.47. The van der Waals surface area contributed by atoms with Gasteiger partial charge in [-0.05, 0) is 18.3 Å². The van der Waals surface area contributed by atoms with Crippen molar-refractivity contribution >= 4 is 11.9 Å². The third-order valence-electron chi connectivity index (χ3n) is 4.33. The topological polar surface area (TPSA) is 72.5 Å². The van der Waals surface area contributed by atoms with Crippen molar-refractivity contribution in [3.63, 3.8) is 0 Å². The number of carbonyl (C=O) groups is 2.